The van der Waals surface area contributed by atoms with Gasteiger partial charge in [-0.25, -0.2) is 9.97 Å². The van der Waals surface area contributed by atoms with Crippen LogP contribution < -0.4 is 0 Å². The summed E-state index contributed by atoms with van der Waals surface area (Å²) in [5.41, 5.74) is 1.03. The van der Waals surface area contributed by atoms with E-state index in [1.807, 2.05) is 28.3 Å². The number of aromatic hydroxyl groups is 1. The van der Waals surface area contributed by atoms with E-state index < -0.39 is 0 Å². The summed E-state index contributed by atoms with van der Waals surface area (Å²) in [4.78, 5) is 8.59. The van der Waals surface area contributed by atoms with Crippen molar-refractivity contribution < 1.29 is 5.11 Å². The molecule has 3 rings (SSSR count). The van der Waals surface area contributed by atoms with Crippen molar-refractivity contribution in [1.82, 2.24) is 14.5 Å². The molecule has 4 nitrogen and oxygen atoms in total. The molecule has 0 saturated heterocycles. The lowest BCUT2D eigenvalue weighted by Gasteiger charge is -2.06. The van der Waals surface area contributed by atoms with Gasteiger partial charge in [0.05, 0.1) is 0 Å². The molecule has 0 unspecified atom stereocenters. The molecule has 5 heteroatoms. The number of hydrogen-bond donors (Lipinski definition) is 1. The fraction of sp³-hybridized carbons (Fsp3) is 0.0769. The van der Waals surface area contributed by atoms with E-state index in [-0.39, 0.29) is 5.75 Å². The largest absolute Gasteiger partial charge is 0.508 e. The van der Waals surface area contributed by atoms with E-state index in [1.165, 1.54) is 0 Å². The quantitative estimate of drug-likeness (QED) is 0.785. The molecule has 1 aromatic carbocycles. The van der Waals surface area contributed by atoms with Crippen molar-refractivity contribution in [2.24, 2.45) is 0 Å². The van der Waals surface area contributed by atoms with Gasteiger partial charge in [0.1, 0.15) is 5.75 Å². The van der Waals surface area contributed by atoms with Gasteiger partial charge in [-0.3, -0.25) is 0 Å². The van der Waals surface area contributed by atoms with E-state index in [9.17, 15) is 5.11 Å². The van der Waals surface area contributed by atoms with Crippen molar-refractivity contribution in [3.05, 3.63) is 53.8 Å². The molecule has 0 saturated carbocycles. The van der Waals surface area contributed by atoms with Crippen molar-refractivity contribution in [2.45, 2.75) is 6.54 Å². The van der Waals surface area contributed by atoms with Crippen molar-refractivity contribution in [2.75, 3.05) is 0 Å². The van der Waals surface area contributed by atoms with Crippen LogP contribution in [-0.2, 0) is 6.54 Å². The second-order valence-electron chi connectivity index (χ2n) is 3.89. The van der Waals surface area contributed by atoms with Crippen molar-refractivity contribution >= 4 is 11.3 Å². The lowest BCUT2D eigenvalue weighted by Crippen LogP contribution is -2.00. The third-order valence-corrected chi connectivity index (χ3v) is 3.37. The maximum atomic E-state index is 9.46. The molecule has 0 fully saturated rings. The first-order chi connectivity index (χ1) is 8.83. The van der Waals surface area contributed by atoms with Gasteiger partial charge in [-0.2, -0.15) is 0 Å². The number of rotatable bonds is 3. The van der Waals surface area contributed by atoms with Crippen LogP contribution in [0, 0.1) is 0 Å². The highest BCUT2D eigenvalue weighted by molar-refractivity contribution is 7.13. The smallest absolute Gasteiger partial charge is 0.169 e. The van der Waals surface area contributed by atoms with Crippen LogP contribution in [0.3, 0.4) is 0 Å². The molecule has 0 spiro atoms. The number of thiazole rings is 1. The Hall–Kier alpha value is -2.14. The van der Waals surface area contributed by atoms with Crippen LogP contribution in [-0.4, -0.2) is 19.6 Å². The molecular weight excluding hydrogens is 246 g/mol. The molecule has 0 aliphatic carbocycles. The predicted molar refractivity (Wildman–Crippen MR) is 70.5 cm³/mol. The maximum absolute atomic E-state index is 9.46. The summed E-state index contributed by atoms with van der Waals surface area (Å²) in [5, 5.41) is 12.3. The van der Waals surface area contributed by atoms with Crippen molar-refractivity contribution in [1.29, 1.82) is 0 Å². The van der Waals surface area contributed by atoms with Gasteiger partial charge in [-0.1, -0.05) is 12.1 Å². The van der Waals surface area contributed by atoms with Crippen molar-refractivity contribution in [3.63, 3.8) is 0 Å². The first-order valence-electron chi connectivity index (χ1n) is 5.52. The molecular formula is C13H11N3OS. The van der Waals surface area contributed by atoms with E-state index in [0.717, 1.165) is 16.4 Å². The van der Waals surface area contributed by atoms with Gasteiger partial charge < -0.3 is 9.67 Å². The highest BCUT2D eigenvalue weighted by atomic mass is 32.1. The Kier molecular flexibility index (Phi) is 2.82. The molecule has 90 valence electrons. The number of aromatic nitrogens is 3. The molecule has 0 amide bonds. The summed E-state index contributed by atoms with van der Waals surface area (Å²) in [6, 6.07) is 7.24. The molecule has 0 atom stereocenters. The summed E-state index contributed by atoms with van der Waals surface area (Å²) in [5.74, 6) is 1.14. The normalized spacial score (nSPS) is 10.7. The molecule has 18 heavy (non-hydrogen) atoms. The van der Waals surface area contributed by atoms with Crippen LogP contribution in [0.1, 0.15) is 5.56 Å². The zero-order chi connectivity index (χ0) is 12.4. The second kappa shape index (κ2) is 4.62. The van der Waals surface area contributed by atoms with Crippen molar-refractivity contribution in [3.8, 4) is 16.6 Å². The van der Waals surface area contributed by atoms with Crippen LogP contribution in [0.25, 0.3) is 10.8 Å². The van der Waals surface area contributed by atoms with Gasteiger partial charge >= 0.3 is 0 Å². The minimum atomic E-state index is 0.281. The Bertz CT molecular complexity index is 646. The molecule has 2 heterocycles. The minimum absolute atomic E-state index is 0.281. The van der Waals surface area contributed by atoms with Crippen LogP contribution in [0.4, 0.5) is 0 Å². The first kappa shape index (κ1) is 11.0. The third kappa shape index (κ3) is 2.12. The number of imidazole rings is 1. The fourth-order valence-corrected chi connectivity index (χ4v) is 2.47. The Morgan fingerprint density at radius 2 is 2.17 bits per heavy atom. The van der Waals surface area contributed by atoms with Gasteiger partial charge in [0, 0.05) is 30.5 Å². The lowest BCUT2D eigenvalue weighted by molar-refractivity contribution is 0.474. The van der Waals surface area contributed by atoms with Gasteiger partial charge in [-0.15, -0.1) is 11.3 Å². The number of phenolic OH excluding ortho intramolecular Hbond substituents is 1. The molecule has 0 aliphatic rings. The topological polar surface area (TPSA) is 50.9 Å². The molecule has 1 N–H and O–H groups in total. The van der Waals surface area contributed by atoms with Gasteiger partial charge in [-0.05, 0) is 17.7 Å². The van der Waals surface area contributed by atoms with Gasteiger partial charge in [0.25, 0.3) is 0 Å². The standard InChI is InChI=1S/C13H11N3OS/c17-11-3-1-2-10(8-11)9-16-6-4-14-12(16)13-15-5-7-18-13/h1-8,17H,9H2. The summed E-state index contributed by atoms with van der Waals surface area (Å²) in [6.07, 6.45) is 5.45. The van der Waals surface area contributed by atoms with E-state index in [2.05, 4.69) is 9.97 Å². The molecule has 0 bridgehead atoms. The van der Waals surface area contributed by atoms with Crippen LogP contribution in [0.2, 0.25) is 0 Å². The van der Waals surface area contributed by atoms with E-state index in [4.69, 9.17) is 0 Å². The Labute approximate surface area is 108 Å². The van der Waals surface area contributed by atoms with E-state index in [0.29, 0.717) is 6.54 Å². The molecule has 2 aromatic heterocycles. The van der Waals surface area contributed by atoms with Crippen LogP contribution >= 0.6 is 11.3 Å². The maximum Gasteiger partial charge on any atom is 0.169 e. The number of benzene rings is 1. The summed E-state index contributed by atoms with van der Waals surface area (Å²) in [7, 11) is 0. The summed E-state index contributed by atoms with van der Waals surface area (Å²) >= 11 is 1.56. The molecule has 3 aromatic rings. The van der Waals surface area contributed by atoms with Gasteiger partial charge in [0.15, 0.2) is 10.8 Å². The Balaban J connectivity index is 1.92. The minimum Gasteiger partial charge on any atom is -0.508 e. The third-order valence-electron chi connectivity index (χ3n) is 2.60. The zero-order valence-corrected chi connectivity index (χ0v) is 10.3. The highest BCUT2D eigenvalue weighted by Crippen LogP contribution is 2.21. The average Bonchev–Trinajstić information content (AvgIpc) is 2.98. The fourth-order valence-electron chi connectivity index (χ4n) is 1.82. The second-order valence-corrected chi connectivity index (χ2v) is 4.78. The SMILES string of the molecule is Oc1cccc(Cn2ccnc2-c2nccs2)c1. The monoisotopic (exact) mass is 257 g/mol. The number of phenols is 1. The van der Waals surface area contributed by atoms with Crippen LogP contribution in [0.15, 0.2) is 48.2 Å². The Morgan fingerprint density at radius 3 is 2.94 bits per heavy atom. The summed E-state index contributed by atoms with van der Waals surface area (Å²) < 4.78 is 2.02. The first-order valence-corrected chi connectivity index (χ1v) is 6.40. The van der Waals surface area contributed by atoms with E-state index >= 15 is 0 Å². The number of hydrogen-bond acceptors (Lipinski definition) is 4. The molecule has 0 aliphatic heterocycles. The molecule has 0 radical (unpaired) electrons. The number of nitrogens with zero attached hydrogens (tertiary/aromatic N) is 3. The predicted octanol–water partition coefficient (Wildman–Crippen LogP) is 2.76. The zero-order valence-electron chi connectivity index (χ0n) is 9.52. The summed E-state index contributed by atoms with van der Waals surface area (Å²) in [6.45, 7) is 0.670. The average molecular weight is 257 g/mol. The lowest BCUT2D eigenvalue weighted by atomic mass is 10.2. The highest BCUT2D eigenvalue weighted by Gasteiger charge is 2.08. The van der Waals surface area contributed by atoms with Gasteiger partial charge in [0.2, 0.25) is 0 Å². The van der Waals surface area contributed by atoms with E-state index in [1.54, 1.807) is 35.9 Å². The Morgan fingerprint density at radius 1 is 1.22 bits per heavy atom. The van der Waals surface area contributed by atoms with Crippen LogP contribution in [0.5, 0.6) is 5.75 Å².